The molecule has 2 atom stereocenters. The van der Waals surface area contributed by atoms with E-state index < -0.39 is 59.6 Å². The number of aliphatic carboxylic acids is 4. The summed E-state index contributed by atoms with van der Waals surface area (Å²) in [5, 5.41) is 36.5. The molecular weight excluding hydrogens is 326 g/mol. The zero-order valence-corrected chi connectivity index (χ0v) is 13.1. The van der Waals surface area contributed by atoms with E-state index in [-0.39, 0.29) is 12.8 Å². The number of amides is 1. The summed E-state index contributed by atoms with van der Waals surface area (Å²) < 4.78 is 0. The molecule has 1 saturated heterocycles. The molecule has 0 spiro atoms. The lowest BCUT2D eigenvalue weighted by Crippen LogP contribution is -2.54. The summed E-state index contributed by atoms with van der Waals surface area (Å²) in [4.78, 5) is 58.3. The maximum atomic E-state index is 12.4. The van der Waals surface area contributed by atoms with Gasteiger partial charge in [-0.05, 0) is 12.8 Å². The monoisotopic (exact) mass is 345 g/mol. The number of rotatable bonds is 7. The zero-order valence-electron chi connectivity index (χ0n) is 13.1. The number of hydrogen-bond donors (Lipinski definition) is 4. The molecule has 1 fully saturated rings. The first kappa shape index (κ1) is 19.4. The van der Waals surface area contributed by atoms with Gasteiger partial charge in [-0.2, -0.15) is 0 Å². The fourth-order valence-electron chi connectivity index (χ4n) is 3.01. The molecule has 1 aliphatic heterocycles. The van der Waals surface area contributed by atoms with Crippen molar-refractivity contribution in [1.82, 2.24) is 4.90 Å². The molecule has 24 heavy (non-hydrogen) atoms. The van der Waals surface area contributed by atoms with Crippen molar-refractivity contribution < 1.29 is 44.4 Å². The van der Waals surface area contributed by atoms with Gasteiger partial charge in [0.1, 0.15) is 0 Å². The van der Waals surface area contributed by atoms with Crippen molar-refractivity contribution in [2.45, 2.75) is 38.8 Å². The van der Waals surface area contributed by atoms with E-state index in [2.05, 4.69) is 0 Å². The van der Waals surface area contributed by atoms with E-state index in [1.54, 1.807) is 0 Å². The first-order chi connectivity index (χ1) is 11.0. The van der Waals surface area contributed by atoms with Crippen LogP contribution in [0.1, 0.15) is 26.7 Å². The van der Waals surface area contributed by atoms with E-state index in [0.717, 1.165) is 4.90 Å². The normalized spacial score (nSPS) is 20.6. The smallest absolute Gasteiger partial charge is 0.320 e. The Balaban J connectivity index is 3.36. The van der Waals surface area contributed by atoms with Gasteiger partial charge in [-0.25, -0.2) is 0 Å². The third-order valence-corrected chi connectivity index (χ3v) is 4.05. The van der Waals surface area contributed by atoms with Crippen LogP contribution in [0.5, 0.6) is 0 Å². The summed E-state index contributed by atoms with van der Waals surface area (Å²) in [6.07, 6.45) is -0.215. The van der Waals surface area contributed by atoms with Gasteiger partial charge in [-0.1, -0.05) is 13.8 Å². The van der Waals surface area contributed by atoms with Gasteiger partial charge < -0.3 is 25.3 Å². The van der Waals surface area contributed by atoms with Crippen molar-refractivity contribution in [3.8, 4) is 0 Å². The van der Waals surface area contributed by atoms with E-state index in [9.17, 15) is 24.0 Å². The Morgan fingerprint density at radius 2 is 1.04 bits per heavy atom. The molecule has 10 nitrogen and oxygen atoms in total. The molecule has 4 N–H and O–H groups in total. The predicted molar refractivity (Wildman–Crippen MR) is 76.0 cm³/mol. The Labute approximate surface area is 136 Å². The minimum Gasteiger partial charge on any atom is -0.481 e. The van der Waals surface area contributed by atoms with Crippen LogP contribution in [-0.2, 0) is 24.0 Å². The van der Waals surface area contributed by atoms with Crippen molar-refractivity contribution >= 4 is 29.8 Å². The van der Waals surface area contributed by atoms with Crippen molar-refractivity contribution in [3.05, 3.63) is 0 Å². The predicted octanol–water partition coefficient (Wildman–Crippen LogP) is -0.427. The molecule has 1 heterocycles. The van der Waals surface area contributed by atoms with Crippen molar-refractivity contribution in [2.75, 3.05) is 0 Å². The van der Waals surface area contributed by atoms with E-state index in [4.69, 9.17) is 20.4 Å². The van der Waals surface area contributed by atoms with E-state index in [0.29, 0.717) is 0 Å². The van der Waals surface area contributed by atoms with Gasteiger partial charge >= 0.3 is 23.9 Å². The Hall–Kier alpha value is -2.65. The van der Waals surface area contributed by atoms with Crippen LogP contribution in [0, 0.1) is 17.8 Å². The Bertz CT molecular complexity index is 503. The molecule has 1 aliphatic rings. The summed E-state index contributed by atoms with van der Waals surface area (Å²) in [5.74, 6) is -12.0. The quantitative estimate of drug-likeness (QED) is 0.447. The summed E-state index contributed by atoms with van der Waals surface area (Å²) >= 11 is 0. The molecule has 10 heteroatoms. The molecule has 2 unspecified atom stereocenters. The maximum Gasteiger partial charge on any atom is 0.320 e. The lowest BCUT2D eigenvalue weighted by Gasteiger charge is -2.34. The standard InChI is InChI=1S/C14H19NO9/c1-5(2)10(16)15-6(8(11(17)18)12(19)20)3-4-7(15)9(13(21)22)14(23)24/h5-9H,3-4H2,1-2H3,(H,17,18)(H,19,20)(H,21,22)(H,23,24). The summed E-state index contributed by atoms with van der Waals surface area (Å²) in [5.41, 5.74) is 0. The van der Waals surface area contributed by atoms with Gasteiger partial charge in [0.25, 0.3) is 0 Å². The van der Waals surface area contributed by atoms with Gasteiger partial charge in [-0.3, -0.25) is 24.0 Å². The first-order valence-corrected chi connectivity index (χ1v) is 7.24. The highest BCUT2D eigenvalue weighted by Crippen LogP contribution is 2.35. The second-order valence-corrected chi connectivity index (χ2v) is 5.92. The number of carboxylic acid groups (broad SMARTS) is 4. The number of hydrogen-bond acceptors (Lipinski definition) is 5. The van der Waals surface area contributed by atoms with Gasteiger partial charge in [-0.15, -0.1) is 0 Å². The van der Waals surface area contributed by atoms with Crippen molar-refractivity contribution in [1.29, 1.82) is 0 Å². The maximum absolute atomic E-state index is 12.4. The van der Waals surface area contributed by atoms with Crippen molar-refractivity contribution in [2.24, 2.45) is 17.8 Å². The second kappa shape index (κ2) is 7.28. The molecule has 0 radical (unpaired) electrons. The third kappa shape index (κ3) is 3.63. The van der Waals surface area contributed by atoms with Gasteiger partial charge in [0.2, 0.25) is 5.91 Å². The lowest BCUT2D eigenvalue weighted by molar-refractivity contribution is -0.161. The number of likely N-dealkylation sites (tertiary alicyclic amines) is 1. The largest absolute Gasteiger partial charge is 0.481 e. The average molecular weight is 345 g/mol. The highest BCUT2D eigenvalue weighted by Gasteiger charge is 2.52. The SMILES string of the molecule is CC(C)C(=O)N1C(C(C(=O)O)C(=O)O)CCC1C(C(=O)O)C(=O)O. The first-order valence-electron chi connectivity index (χ1n) is 7.24. The molecule has 1 rings (SSSR count). The molecule has 0 aromatic rings. The minimum absolute atomic E-state index is 0.108. The van der Waals surface area contributed by atoms with Crippen LogP contribution < -0.4 is 0 Å². The zero-order chi connectivity index (χ0) is 18.8. The Morgan fingerprint density at radius 1 is 0.750 bits per heavy atom. The van der Waals surface area contributed by atoms with Gasteiger partial charge in [0.05, 0.1) is 12.1 Å². The van der Waals surface area contributed by atoms with Crippen LogP contribution in [0.2, 0.25) is 0 Å². The van der Waals surface area contributed by atoms with Crippen LogP contribution in [0.15, 0.2) is 0 Å². The Morgan fingerprint density at radius 3 is 1.25 bits per heavy atom. The number of nitrogens with zero attached hydrogens (tertiary/aromatic N) is 1. The Kier molecular flexibility index (Phi) is 5.88. The van der Waals surface area contributed by atoms with Crippen LogP contribution >= 0.6 is 0 Å². The van der Waals surface area contributed by atoms with Crippen LogP contribution in [0.25, 0.3) is 0 Å². The van der Waals surface area contributed by atoms with E-state index in [1.165, 1.54) is 13.8 Å². The summed E-state index contributed by atoms with van der Waals surface area (Å²) in [7, 11) is 0. The summed E-state index contributed by atoms with van der Waals surface area (Å²) in [6, 6.07) is -2.61. The molecular formula is C14H19NO9. The van der Waals surface area contributed by atoms with Crippen LogP contribution in [0.3, 0.4) is 0 Å². The van der Waals surface area contributed by atoms with E-state index in [1.807, 2.05) is 0 Å². The molecule has 0 aliphatic carbocycles. The summed E-state index contributed by atoms with van der Waals surface area (Å²) in [6.45, 7) is 2.95. The molecule has 0 bridgehead atoms. The molecule has 0 aromatic carbocycles. The average Bonchev–Trinajstić information content (AvgIpc) is 2.80. The highest BCUT2D eigenvalue weighted by atomic mass is 16.4. The van der Waals surface area contributed by atoms with Crippen molar-refractivity contribution in [3.63, 3.8) is 0 Å². The second-order valence-electron chi connectivity index (χ2n) is 5.92. The topological polar surface area (TPSA) is 170 Å². The molecule has 0 aromatic heterocycles. The fourth-order valence-corrected chi connectivity index (χ4v) is 3.01. The van der Waals surface area contributed by atoms with Crippen LogP contribution in [-0.4, -0.2) is 67.2 Å². The minimum atomic E-state index is -1.96. The molecule has 1 amide bonds. The molecule has 134 valence electrons. The lowest BCUT2D eigenvalue weighted by atomic mass is 9.96. The van der Waals surface area contributed by atoms with Crippen LogP contribution in [0.4, 0.5) is 0 Å². The number of carboxylic acids is 4. The van der Waals surface area contributed by atoms with E-state index >= 15 is 0 Å². The number of carbonyl (C=O) groups excluding carboxylic acids is 1. The van der Waals surface area contributed by atoms with Gasteiger partial charge in [0, 0.05) is 5.92 Å². The fraction of sp³-hybridized carbons (Fsp3) is 0.643. The molecule has 0 saturated carbocycles. The van der Waals surface area contributed by atoms with Gasteiger partial charge in [0.15, 0.2) is 11.8 Å². The third-order valence-electron chi connectivity index (χ3n) is 4.05. The number of carbonyl (C=O) groups is 5. The highest BCUT2D eigenvalue weighted by molar-refractivity contribution is 5.96.